The lowest BCUT2D eigenvalue weighted by atomic mass is 10.3. The van der Waals surface area contributed by atoms with Gasteiger partial charge in [0, 0.05) is 32.3 Å². The second-order valence-electron chi connectivity index (χ2n) is 5.54. The first-order chi connectivity index (χ1) is 12.9. The van der Waals surface area contributed by atoms with Gasteiger partial charge in [-0.1, -0.05) is 0 Å². The highest BCUT2D eigenvalue weighted by Crippen LogP contribution is 2.28. The van der Waals surface area contributed by atoms with E-state index < -0.39 is 11.7 Å². The van der Waals surface area contributed by atoms with E-state index in [0.29, 0.717) is 25.3 Å². The molecule has 2 amide bonds. The zero-order chi connectivity index (χ0) is 19.7. The molecule has 2 heterocycles. The van der Waals surface area contributed by atoms with E-state index in [4.69, 9.17) is 4.42 Å². The van der Waals surface area contributed by atoms with Gasteiger partial charge in [-0.15, -0.1) is 0 Å². The summed E-state index contributed by atoms with van der Waals surface area (Å²) in [6.07, 6.45) is -1.57. The number of rotatable bonds is 9. The smallest absolute Gasteiger partial charge is 0.417 e. The lowest BCUT2D eigenvalue weighted by molar-refractivity contribution is -0.137. The van der Waals surface area contributed by atoms with Crippen LogP contribution < -0.4 is 16.0 Å². The van der Waals surface area contributed by atoms with Gasteiger partial charge in [0.1, 0.15) is 5.82 Å². The van der Waals surface area contributed by atoms with Crippen molar-refractivity contribution in [1.29, 1.82) is 0 Å². The highest BCUT2D eigenvalue weighted by atomic mass is 19.4. The molecule has 0 aliphatic carbocycles. The minimum Gasteiger partial charge on any atom is -0.459 e. The molecule has 0 aromatic carbocycles. The van der Waals surface area contributed by atoms with Crippen molar-refractivity contribution in [2.24, 2.45) is 0 Å². The highest BCUT2D eigenvalue weighted by Gasteiger charge is 2.30. The molecule has 146 valence electrons. The molecule has 0 saturated heterocycles. The normalized spacial score (nSPS) is 11.1. The van der Waals surface area contributed by atoms with E-state index in [9.17, 15) is 22.8 Å². The van der Waals surface area contributed by atoms with E-state index in [1.165, 1.54) is 18.4 Å². The lowest BCUT2D eigenvalue weighted by Crippen LogP contribution is -2.31. The first-order valence-electron chi connectivity index (χ1n) is 8.22. The average Bonchev–Trinajstić information content (AvgIpc) is 3.16. The Morgan fingerprint density at radius 3 is 2.52 bits per heavy atom. The minimum absolute atomic E-state index is 0.125. The van der Waals surface area contributed by atoms with Crippen molar-refractivity contribution in [3.63, 3.8) is 0 Å². The van der Waals surface area contributed by atoms with E-state index in [0.717, 1.165) is 12.3 Å². The number of carbonyl (C=O) groups is 2. The van der Waals surface area contributed by atoms with Crippen molar-refractivity contribution in [2.75, 3.05) is 25.0 Å². The van der Waals surface area contributed by atoms with E-state index in [-0.39, 0.29) is 30.5 Å². The first-order valence-corrected chi connectivity index (χ1v) is 8.22. The Morgan fingerprint density at radius 1 is 1.07 bits per heavy atom. The van der Waals surface area contributed by atoms with Crippen molar-refractivity contribution in [2.45, 2.75) is 19.0 Å². The highest BCUT2D eigenvalue weighted by molar-refractivity contribution is 5.91. The van der Waals surface area contributed by atoms with Crippen LogP contribution >= 0.6 is 0 Å². The molecule has 0 spiro atoms. The molecule has 2 aromatic heterocycles. The molecular formula is C17H19F3N4O3. The van der Waals surface area contributed by atoms with Gasteiger partial charge in [0.15, 0.2) is 5.76 Å². The van der Waals surface area contributed by atoms with Crippen LogP contribution in [0.5, 0.6) is 0 Å². The Hall–Kier alpha value is -3.04. The molecule has 0 fully saturated rings. The number of alkyl halides is 3. The zero-order valence-electron chi connectivity index (χ0n) is 14.3. The van der Waals surface area contributed by atoms with Gasteiger partial charge in [0.25, 0.3) is 5.91 Å². The molecular weight excluding hydrogens is 365 g/mol. The van der Waals surface area contributed by atoms with Crippen LogP contribution in [0.3, 0.4) is 0 Å². The van der Waals surface area contributed by atoms with Crippen molar-refractivity contribution in [3.05, 3.63) is 48.0 Å². The third-order valence-electron chi connectivity index (χ3n) is 3.46. The fourth-order valence-corrected chi connectivity index (χ4v) is 2.07. The van der Waals surface area contributed by atoms with Crippen LogP contribution in [0.25, 0.3) is 0 Å². The predicted octanol–water partition coefficient (Wildman–Crippen LogP) is 2.43. The summed E-state index contributed by atoms with van der Waals surface area (Å²) in [5, 5.41) is 8.12. The first kappa shape index (κ1) is 20.3. The van der Waals surface area contributed by atoms with Gasteiger partial charge in [-0.05, 0) is 30.7 Å². The standard InChI is InChI=1S/C17H19F3N4O3/c18-17(19,20)12-4-5-14(24-11-12)21-7-2-8-22-15(25)6-9-23-16(26)13-3-1-10-27-13/h1,3-5,10-11H,2,6-9H2,(H,21,24)(H,22,25)(H,23,26). The molecule has 10 heteroatoms. The number of carbonyl (C=O) groups excluding carboxylic acids is 2. The molecule has 2 aromatic rings. The predicted molar refractivity (Wildman–Crippen MR) is 91.0 cm³/mol. The number of hydrogen-bond donors (Lipinski definition) is 3. The van der Waals surface area contributed by atoms with Gasteiger partial charge in [0.05, 0.1) is 11.8 Å². The van der Waals surface area contributed by atoms with Crippen LogP contribution in [-0.4, -0.2) is 36.4 Å². The van der Waals surface area contributed by atoms with Crippen LogP contribution in [0.15, 0.2) is 41.1 Å². The number of hydrogen-bond acceptors (Lipinski definition) is 5. The summed E-state index contributed by atoms with van der Waals surface area (Å²) in [6, 6.07) is 5.32. The number of nitrogens with one attached hydrogen (secondary N) is 3. The Morgan fingerprint density at radius 2 is 1.89 bits per heavy atom. The number of furan rings is 1. The fourth-order valence-electron chi connectivity index (χ4n) is 2.07. The van der Waals surface area contributed by atoms with Crippen LogP contribution in [-0.2, 0) is 11.0 Å². The van der Waals surface area contributed by atoms with Gasteiger partial charge in [-0.3, -0.25) is 9.59 Å². The second kappa shape index (κ2) is 9.60. The Bertz CT molecular complexity index is 731. The van der Waals surface area contributed by atoms with Crippen LogP contribution in [0.4, 0.5) is 19.0 Å². The van der Waals surface area contributed by atoms with Crippen molar-refractivity contribution in [3.8, 4) is 0 Å². The summed E-state index contributed by atoms with van der Waals surface area (Å²) in [6.45, 7) is 1.01. The van der Waals surface area contributed by atoms with Crippen molar-refractivity contribution < 1.29 is 27.2 Å². The number of amides is 2. The van der Waals surface area contributed by atoms with E-state index in [2.05, 4.69) is 20.9 Å². The quantitative estimate of drug-likeness (QED) is 0.577. The maximum absolute atomic E-state index is 12.4. The van der Waals surface area contributed by atoms with E-state index >= 15 is 0 Å². The van der Waals surface area contributed by atoms with Gasteiger partial charge >= 0.3 is 6.18 Å². The van der Waals surface area contributed by atoms with Crippen LogP contribution in [0.1, 0.15) is 29.0 Å². The summed E-state index contributed by atoms with van der Waals surface area (Å²) in [5.74, 6) is -0.100. The van der Waals surface area contributed by atoms with Gasteiger partial charge < -0.3 is 20.4 Å². The number of pyridine rings is 1. The van der Waals surface area contributed by atoms with Crippen LogP contribution in [0, 0.1) is 0 Å². The van der Waals surface area contributed by atoms with E-state index in [1.807, 2.05) is 0 Å². The summed E-state index contributed by atoms with van der Waals surface area (Å²) in [7, 11) is 0. The number of halogens is 3. The molecule has 0 aliphatic heterocycles. The molecule has 2 rings (SSSR count). The van der Waals surface area contributed by atoms with Crippen LogP contribution in [0.2, 0.25) is 0 Å². The lowest BCUT2D eigenvalue weighted by Gasteiger charge is -2.09. The summed E-state index contributed by atoms with van der Waals surface area (Å²) >= 11 is 0. The monoisotopic (exact) mass is 384 g/mol. The number of anilines is 1. The summed E-state index contributed by atoms with van der Waals surface area (Å²) in [5.41, 5.74) is -0.806. The number of nitrogens with zero attached hydrogens (tertiary/aromatic N) is 1. The zero-order valence-corrected chi connectivity index (χ0v) is 14.3. The van der Waals surface area contributed by atoms with Crippen molar-refractivity contribution in [1.82, 2.24) is 15.6 Å². The molecule has 3 N–H and O–H groups in total. The molecule has 0 radical (unpaired) electrons. The second-order valence-corrected chi connectivity index (χ2v) is 5.54. The third kappa shape index (κ3) is 7.00. The Kier molecular flexibility index (Phi) is 7.21. The Labute approximate surface area is 153 Å². The molecule has 27 heavy (non-hydrogen) atoms. The fraction of sp³-hybridized carbons (Fsp3) is 0.353. The SMILES string of the molecule is O=C(CCNC(=O)c1ccco1)NCCCNc1ccc(C(F)(F)F)cn1. The number of aromatic nitrogens is 1. The molecule has 0 saturated carbocycles. The van der Waals surface area contributed by atoms with Crippen molar-refractivity contribution >= 4 is 17.6 Å². The third-order valence-corrected chi connectivity index (χ3v) is 3.46. The summed E-state index contributed by atoms with van der Waals surface area (Å²) < 4.78 is 42.2. The topological polar surface area (TPSA) is 96.3 Å². The minimum atomic E-state index is -4.41. The summed E-state index contributed by atoms with van der Waals surface area (Å²) in [4.78, 5) is 26.9. The van der Waals surface area contributed by atoms with E-state index in [1.54, 1.807) is 6.07 Å². The molecule has 0 aliphatic rings. The molecule has 7 nitrogen and oxygen atoms in total. The molecule has 0 unspecified atom stereocenters. The average molecular weight is 384 g/mol. The molecule has 0 bridgehead atoms. The maximum Gasteiger partial charge on any atom is 0.417 e. The van der Waals surface area contributed by atoms with Gasteiger partial charge in [-0.2, -0.15) is 13.2 Å². The van der Waals surface area contributed by atoms with Gasteiger partial charge in [0.2, 0.25) is 5.91 Å². The van der Waals surface area contributed by atoms with Gasteiger partial charge in [-0.25, -0.2) is 4.98 Å². The maximum atomic E-state index is 12.4. The largest absolute Gasteiger partial charge is 0.459 e. The molecule has 0 atom stereocenters. The Balaban J connectivity index is 1.54.